The van der Waals surface area contributed by atoms with Crippen molar-refractivity contribution in [2.45, 2.75) is 31.7 Å². The van der Waals surface area contributed by atoms with Gasteiger partial charge in [-0.1, -0.05) is 6.07 Å². The van der Waals surface area contributed by atoms with E-state index < -0.39 is 11.6 Å². The Hall–Kier alpha value is -3.00. The zero-order chi connectivity index (χ0) is 18.8. The monoisotopic (exact) mass is 374 g/mol. The molecule has 0 aliphatic heterocycles. The van der Waals surface area contributed by atoms with Crippen LogP contribution in [-0.2, 0) is 11.3 Å². The average molecular weight is 374 g/mol. The van der Waals surface area contributed by atoms with Crippen LogP contribution in [0.1, 0.15) is 18.4 Å². The Morgan fingerprint density at radius 1 is 1.11 bits per heavy atom. The van der Waals surface area contributed by atoms with Crippen LogP contribution < -0.4 is 4.74 Å². The molecule has 0 saturated heterocycles. The molecule has 2 aromatic heterocycles. The predicted molar refractivity (Wildman–Crippen MR) is 90.0 cm³/mol. The second kappa shape index (κ2) is 7.32. The minimum Gasteiger partial charge on any atom is -0.491 e. The van der Waals surface area contributed by atoms with Crippen molar-refractivity contribution < 1.29 is 27.9 Å². The van der Waals surface area contributed by atoms with Crippen molar-refractivity contribution >= 4 is 0 Å². The van der Waals surface area contributed by atoms with E-state index in [1.807, 2.05) is 0 Å². The third kappa shape index (κ3) is 4.06. The van der Waals surface area contributed by atoms with E-state index in [2.05, 4.69) is 10.1 Å². The van der Waals surface area contributed by atoms with Crippen molar-refractivity contribution in [3.05, 3.63) is 59.8 Å². The first-order chi connectivity index (χ1) is 13.1. The second-order valence-electron chi connectivity index (χ2n) is 6.31. The van der Waals surface area contributed by atoms with Gasteiger partial charge in [0, 0.05) is 48.4 Å². The maximum absolute atomic E-state index is 13.6. The van der Waals surface area contributed by atoms with Crippen LogP contribution in [0.25, 0.3) is 11.3 Å². The number of hydrogen-bond acceptors (Lipinski definition) is 6. The fourth-order valence-corrected chi connectivity index (χ4v) is 2.76. The molecule has 140 valence electrons. The maximum Gasteiger partial charge on any atom is 0.252 e. The molecular formula is C19H16F2N2O4. The van der Waals surface area contributed by atoms with Crippen LogP contribution in [0.4, 0.5) is 8.78 Å². The Morgan fingerprint density at radius 2 is 1.96 bits per heavy atom. The van der Waals surface area contributed by atoms with Crippen LogP contribution in [0.3, 0.4) is 0 Å². The van der Waals surface area contributed by atoms with Gasteiger partial charge >= 0.3 is 0 Å². The van der Waals surface area contributed by atoms with Crippen LogP contribution in [0.15, 0.2) is 47.1 Å². The summed E-state index contributed by atoms with van der Waals surface area (Å²) in [6, 6.07) is 8.31. The molecular weight excluding hydrogens is 358 g/mol. The summed E-state index contributed by atoms with van der Waals surface area (Å²) in [6.45, 7) is 0.0977. The van der Waals surface area contributed by atoms with Gasteiger partial charge in [0.2, 0.25) is 5.88 Å². The normalized spacial score (nSPS) is 18.9. The van der Waals surface area contributed by atoms with Crippen molar-refractivity contribution in [1.29, 1.82) is 0 Å². The van der Waals surface area contributed by atoms with Gasteiger partial charge in [0.15, 0.2) is 5.76 Å². The lowest BCUT2D eigenvalue weighted by Crippen LogP contribution is -2.39. The van der Waals surface area contributed by atoms with Crippen molar-refractivity contribution in [3.8, 4) is 23.1 Å². The highest BCUT2D eigenvalue weighted by Gasteiger charge is 2.32. The summed E-state index contributed by atoms with van der Waals surface area (Å²) < 4.78 is 42.8. The van der Waals surface area contributed by atoms with Crippen molar-refractivity contribution in [3.63, 3.8) is 0 Å². The number of halogens is 2. The number of aromatic nitrogens is 2. The number of rotatable bonds is 6. The molecule has 1 saturated carbocycles. The summed E-state index contributed by atoms with van der Waals surface area (Å²) in [6.07, 6.45) is 2.85. The summed E-state index contributed by atoms with van der Waals surface area (Å²) in [5.74, 6) is -0.517. The van der Waals surface area contributed by atoms with E-state index in [1.165, 1.54) is 18.2 Å². The zero-order valence-electron chi connectivity index (χ0n) is 14.1. The molecule has 4 rings (SSSR count). The molecule has 0 radical (unpaired) electrons. The third-order valence-corrected chi connectivity index (χ3v) is 4.35. The Morgan fingerprint density at radius 3 is 2.63 bits per heavy atom. The molecule has 2 heterocycles. The third-order valence-electron chi connectivity index (χ3n) is 4.35. The minimum absolute atomic E-state index is 0.0271. The molecule has 0 bridgehead atoms. The molecule has 0 amide bonds. The number of hydrogen-bond donors (Lipinski definition) is 1. The van der Waals surface area contributed by atoms with E-state index in [4.69, 9.17) is 14.0 Å². The molecule has 0 atom stereocenters. The van der Waals surface area contributed by atoms with Crippen molar-refractivity contribution in [1.82, 2.24) is 10.1 Å². The lowest BCUT2D eigenvalue weighted by molar-refractivity contribution is -0.0701. The molecule has 1 N–H and O–H groups in total. The number of ether oxygens (including phenoxy) is 2. The lowest BCUT2D eigenvalue weighted by atomic mass is 9.92. The largest absolute Gasteiger partial charge is 0.491 e. The van der Waals surface area contributed by atoms with E-state index in [-0.39, 0.29) is 24.7 Å². The molecule has 3 aromatic rings. The highest BCUT2D eigenvalue weighted by Crippen LogP contribution is 2.29. The smallest absolute Gasteiger partial charge is 0.252 e. The Balaban J connectivity index is 1.24. The van der Waals surface area contributed by atoms with Gasteiger partial charge in [0.05, 0.1) is 12.7 Å². The number of aromatic hydroxyl groups is 1. The molecule has 1 fully saturated rings. The van der Waals surface area contributed by atoms with Crippen LogP contribution in [0.2, 0.25) is 0 Å². The van der Waals surface area contributed by atoms with Crippen molar-refractivity contribution in [2.75, 3.05) is 0 Å². The Bertz CT molecular complexity index is 924. The van der Waals surface area contributed by atoms with E-state index in [0.29, 0.717) is 35.6 Å². The summed E-state index contributed by atoms with van der Waals surface area (Å²) in [4.78, 5) is 4.21. The number of benzene rings is 1. The molecule has 27 heavy (non-hydrogen) atoms. The lowest BCUT2D eigenvalue weighted by Gasteiger charge is -2.34. The molecule has 1 aromatic carbocycles. The molecule has 6 nitrogen and oxygen atoms in total. The summed E-state index contributed by atoms with van der Waals surface area (Å²) in [5.41, 5.74) is 1.00. The van der Waals surface area contributed by atoms with Gasteiger partial charge < -0.3 is 19.1 Å². The SMILES string of the molecule is Oc1cc(-c2ccc(O[C@H]3C[C@@H](OCc4ccc(F)cc4F)C3)nc2)on1. The van der Waals surface area contributed by atoms with Gasteiger partial charge in [-0.15, -0.1) is 0 Å². The number of nitrogens with zero attached hydrogens (tertiary/aromatic N) is 2. The molecule has 0 unspecified atom stereocenters. The van der Waals surface area contributed by atoms with Crippen LogP contribution in [-0.4, -0.2) is 27.5 Å². The first-order valence-corrected chi connectivity index (χ1v) is 8.41. The van der Waals surface area contributed by atoms with Crippen LogP contribution >= 0.6 is 0 Å². The zero-order valence-corrected chi connectivity index (χ0v) is 14.1. The topological polar surface area (TPSA) is 77.6 Å². The first-order valence-electron chi connectivity index (χ1n) is 8.41. The fourth-order valence-electron chi connectivity index (χ4n) is 2.76. The average Bonchev–Trinajstić information content (AvgIpc) is 3.05. The standard InChI is InChI=1S/C19H16F2N2O4/c20-13-3-1-12(16(21)5-13)10-25-14-6-15(7-14)26-19-4-2-11(9-22-19)17-8-18(24)23-27-17/h1-5,8-9,14-15H,6-7,10H2,(H,23,24)/t14-,15+. The van der Waals surface area contributed by atoms with Crippen molar-refractivity contribution in [2.24, 2.45) is 0 Å². The Labute approximate surface area is 153 Å². The number of pyridine rings is 1. The van der Waals surface area contributed by atoms with E-state index in [0.717, 1.165) is 6.07 Å². The van der Waals surface area contributed by atoms with E-state index in [9.17, 15) is 13.9 Å². The van der Waals surface area contributed by atoms with Gasteiger partial charge in [0.25, 0.3) is 5.88 Å². The predicted octanol–water partition coefficient (Wildman–Crippen LogP) is 3.85. The van der Waals surface area contributed by atoms with Crippen LogP contribution in [0.5, 0.6) is 11.8 Å². The molecule has 8 heteroatoms. The van der Waals surface area contributed by atoms with Gasteiger partial charge in [-0.05, 0) is 17.3 Å². The maximum atomic E-state index is 13.6. The fraction of sp³-hybridized carbons (Fsp3) is 0.263. The van der Waals surface area contributed by atoms with E-state index >= 15 is 0 Å². The summed E-state index contributed by atoms with van der Waals surface area (Å²) >= 11 is 0. The van der Waals surface area contributed by atoms with E-state index in [1.54, 1.807) is 18.3 Å². The van der Waals surface area contributed by atoms with Gasteiger partial charge in [-0.3, -0.25) is 0 Å². The summed E-state index contributed by atoms with van der Waals surface area (Å²) in [7, 11) is 0. The first kappa shape index (κ1) is 17.4. The molecule has 1 aliphatic carbocycles. The van der Waals surface area contributed by atoms with Gasteiger partial charge in [-0.25, -0.2) is 13.8 Å². The Kier molecular flexibility index (Phi) is 4.72. The van der Waals surface area contributed by atoms with Gasteiger partial charge in [-0.2, -0.15) is 0 Å². The van der Waals surface area contributed by atoms with Gasteiger partial charge in [0.1, 0.15) is 17.7 Å². The highest BCUT2D eigenvalue weighted by molar-refractivity contribution is 5.57. The molecule has 0 spiro atoms. The van der Waals surface area contributed by atoms with Crippen LogP contribution in [0, 0.1) is 11.6 Å². The minimum atomic E-state index is -0.605. The second-order valence-corrected chi connectivity index (χ2v) is 6.31. The summed E-state index contributed by atoms with van der Waals surface area (Å²) in [5, 5.41) is 12.6. The quantitative estimate of drug-likeness (QED) is 0.706. The highest BCUT2D eigenvalue weighted by atomic mass is 19.1. The molecule has 1 aliphatic rings.